The maximum Gasteiger partial charge on any atom is 0.306 e. The van der Waals surface area contributed by atoms with E-state index in [0.717, 1.165) is 51.5 Å². The summed E-state index contributed by atoms with van der Waals surface area (Å²) in [5.74, 6) is -0.622. The van der Waals surface area contributed by atoms with E-state index in [0.29, 0.717) is 66.2 Å². The lowest BCUT2D eigenvalue weighted by Gasteiger charge is -2.32. The number of Topliss-reactive ketones (excluding diaryl/α,β-unsaturated/α-hetero) is 2. The number of aliphatic hydroxyl groups is 1. The molecule has 4 fully saturated rings. The molecule has 6 heterocycles. The van der Waals surface area contributed by atoms with Crippen molar-refractivity contribution < 1.29 is 43.3 Å². The average molecular weight is 1250 g/mol. The maximum absolute atomic E-state index is 14.1. The Morgan fingerprint density at radius 3 is 1.51 bits per heavy atom. The van der Waals surface area contributed by atoms with Gasteiger partial charge in [-0.1, -0.05) is 114 Å². The molecule has 2 aromatic carbocycles. The number of benzene rings is 2. The zero-order chi connectivity index (χ0) is 61.8. The molecule has 0 spiro atoms. The SMILES string of the molecule is CCO.CCOC(=O)CC[C@H](C(=O)CCc1ccc(Cl)c(Cl)n1)N1CCC(CCc2ccccc2)N2C[C@H](N)C[C@H]2C1=O.C[C@@H]1C[C@H]2C(=O)N([C@H](CCC(=O)OC(C)(C)C)C(=O)CCc3ccc(Cl)c(Cl)n3)CCC(CCc3ccccc3)N2C1. The van der Waals surface area contributed by atoms with Gasteiger partial charge in [-0.3, -0.25) is 38.6 Å². The third kappa shape index (κ3) is 21.1. The van der Waals surface area contributed by atoms with Gasteiger partial charge in [0.05, 0.1) is 40.8 Å². The van der Waals surface area contributed by atoms with Crippen LogP contribution in [0.2, 0.25) is 20.4 Å². The van der Waals surface area contributed by atoms with Gasteiger partial charge in [-0.2, -0.15) is 0 Å². The predicted molar refractivity (Wildman–Crippen MR) is 334 cm³/mol. The van der Waals surface area contributed by atoms with Crippen molar-refractivity contribution in [3.05, 3.63) is 128 Å². The number of esters is 2. The first-order valence-electron chi connectivity index (χ1n) is 30.2. The number of ketones is 2. The number of rotatable bonds is 23. The highest BCUT2D eigenvalue weighted by Gasteiger charge is 2.47. The molecule has 0 bridgehead atoms. The number of aromatic nitrogens is 2. The van der Waals surface area contributed by atoms with Gasteiger partial charge in [0, 0.05) is 88.0 Å². The quantitative estimate of drug-likeness (QED) is 0.0524. The van der Waals surface area contributed by atoms with Gasteiger partial charge >= 0.3 is 11.9 Å². The first-order chi connectivity index (χ1) is 40.6. The highest BCUT2D eigenvalue weighted by atomic mass is 35.5. The van der Waals surface area contributed by atoms with Crippen LogP contribution in [0.1, 0.15) is 141 Å². The van der Waals surface area contributed by atoms with E-state index in [-0.39, 0.29) is 128 Å². The summed E-state index contributed by atoms with van der Waals surface area (Å²) in [4.78, 5) is 97.2. The van der Waals surface area contributed by atoms with Gasteiger partial charge in [-0.15, -0.1) is 0 Å². The second-order valence-corrected chi connectivity index (χ2v) is 25.2. The maximum atomic E-state index is 14.1. The Morgan fingerprint density at radius 1 is 0.635 bits per heavy atom. The van der Waals surface area contributed by atoms with Crippen LogP contribution in [0.5, 0.6) is 0 Å². The minimum Gasteiger partial charge on any atom is -0.466 e. The summed E-state index contributed by atoms with van der Waals surface area (Å²) in [6, 6.07) is 25.8. The second-order valence-electron chi connectivity index (χ2n) is 23.7. The number of carbonyl (C=O) groups is 6. The third-order valence-corrected chi connectivity index (χ3v) is 17.4. The Morgan fingerprint density at radius 2 is 1.07 bits per heavy atom. The Kier molecular flexibility index (Phi) is 27.6. The van der Waals surface area contributed by atoms with E-state index in [2.05, 4.69) is 63.1 Å². The molecule has 3 N–H and O–H groups in total. The molecule has 8 rings (SSSR count). The zero-order valence-corrected chi connectivity index (χ0v) is 53.3. The molecule has 85 heavy (non-hydrogen) atoms. The normalized spacial score (nSPS) is 21.5. The van der Waals surface area contributed by atoms with Crippen molar-refractivity contribution >= 4 is 81.7 Å². The summed E-state index contributed by atoms with van der Waals surface area (Å²) in [5.41, 5.74) is 9.58. The van der Waals surface area contributed by atoms with E-state index in [1.807, 2.05) is 45.0 Å². The number of nitrogens with two attached hydrogens (primary N) is 1. The number of fused-ring (bicyclic) bond motifs is 2. The second kappa shape index (κ2) is 33.9. The summed E-state index contributed by atoms with van der Waals surface area (Å²) in [6.07, 6.45) is 8.17. The molecule has 2 unspecified atom stereocenters. The summed E-state index contributed by atoms with van der Waals surface area (Å²) < 4.78 is 10.7. The minimum atomic E-state index is -0.730. The number of nitrogens with zero attached hydrogens (tertiary/aromatic N) is 6. The van der Waals surface area contributed by atoms with E-state index in [4.69, 9.17) is 66.7 Å². The van der Waals surface area contributed by atoms with Crippen LogP contribution >= 0.6 is 46.4 Å². The first kappa shape index (κ1) is 69.1. The van der Waals surface area contributed by atoms with Crippen molar-refractivity contribution in [2.75, 3.05) is 39.4 Å². The van der Waals surface area contributed by atoms with Gasteiger partial charge in [0.2, 0.25) is 11.8 Å². The third-order valence-electron chi connectivity index (χ3n) is 16.1. The van der Waals surface area contributed by atoms with E-state index < -0.39 is 17.7 Å². The highest BCUT2D eigenvalue weighted by molar-refractivity contribution is 6.41. The van der Waals surface area contributed by atoms with Crippen molar-refractivity contribution in [3.8, 4) is 0 Å². The van der Waals surface area contributed by atoms with E-state index in [1.54, 1.807) is 47.9 Å². The van der Waals surface area contributed by atoms with Crippen LogP contribution in [0.15, 0.2) is 84.9 Å². The smallest absolute Gasteiger partial charge is 0.306 e. The molecule has 0 radical (unpaired) electrons. The minimum absolute atomic E-state index is 0.00300. The van der Waals surface area contributed by atoms with E-state index in [9.17, 15) is 28.8 Å². The fraction of sp³-hybridized carbons (Fsp3) is 0.569. The van der Waals surface area contributed by atoms with Crippen molar-refractivity contribution in [2.24, 2.45) is 11.7 Å². The number of amides is 2. The molecule has 2 aromatic heterocycles. The monoisotopic (exact) mass is 1250 g/mol. The summed E-state index contributed by atoms with van der Waals surface area (Å²) in [5, 5.41) is 8.66. The van der Waals surface area contributed by atoms with Gasteiger partial charge in [-0.25, -0.2) is 9.97 Å². The zero-order valence-electron chi connectivity index (χ0n) is 50.2. The van der Waals surface area contributed by atoms with Crippen molar-refractivity contribution in [2.45, 2.75) is 192 Å². The lowest BCUT2D eigenvalue weighted by atomic mass is 9.98. The number of aryl methyl sites for hydroxylation is 4. The van der Waals surface area contributed by atoms with Crippen molar-refractivity contribution in [1.82, 2.24) is 29.6 Å². The van der Waals surface area contributed by atoms with Crippen molar-refractivity contribution in [3.63, 3.8) is 0 Å². The van der Waals surface area contributed by atoms with E-state index in [1.165, 1.54) is 11.1 Å². The van der Waals surface area contributed by atoms with Gasteiger partial charge in [0.15, 0.2) is 11.6 Å². The number of ether oxygens (including phenoxy) is 2. The lowest BCUT2D eigenvalue weighted by molar-refractivity contribution is -0.156. The molecule has 4 saturated heterocycles. The number of aliphatic hydroxyl groups excluding tert-OH is 1. The molecule has 4 aliphatic heterocycles. The highest BCUT2D eigenvalue weighted by Crippen LogP contribution is 2.35. The molecule has 8 atom stereocenters. The molecule has 4 aliphatic rings. The number of hydrogen-bond acceptors (Lipinski definition) is 14. The van der Waals surface area contributed by atoms with Crippen LogP contribution in [0.3, 0.4) is 0 Å². The van der Waals surface area contributed by atoms with Crippen LogP contribution in [0.4, 0.5) is 0 Å². The first-order valence-corrected chi connectivity index (χ1v) is 31.7. The molecule has 0 aliphatic carbocycles. The fourth-order valence-electron chi connectivity index (χ4n) is 12.1. The molecular formula is C65H87Cl4N7O9. The molecule has 2 amide bonds. The largest absolute Gasteiger partial charge is 0.466 e. The van der Waals surface area contributed by atoms with Crippen LogP contribution in [-0.2, 0) is 63.9 Å². The molecule has 16 nitrogen and oxygen atoms in total. The van der Waals surface area contributed by atoms with Crippen LogP contribution in [0, 0.1) is 5.92 Å². The van der Waals surface area contributed by atoms with Crippen LogP contribution < -0.4 is 5.73 Å². The molecule has 0 saturated carbocycles. The molecular weight excluding hydrogens is 1160 g/mol. The van der Waals surface area contributed by atoms with Crippen molar-refractivity contribution in [1.29, 1.82) is 0 Å². The molecule has 4 aromatic rings. The van der Waals surface area contributed by atoms with Gasteiger partial charge < -0.3 is 30.1 Å². The Bertz CT molecular complexity index is 2830. The summed E-state index contributed by atoms with van der Waals surface area (Å²) in [7, 11) is 0. The molecule has 464 valence electrons. The van der Waals surface area contributed by atoms with Gasteiger partial charge in [-0.05, 0) is 153 Å². The number of carbonyl (C=O) groups excluding carboxylic acids is 6. The van der Waals surface area contributed by atoms with Gasteiger partial charge in [0.1, 0.15) is 15.9 Å². The summed E-state index contributed by atoms with van der Waals surface area (Å²) >= 11 is 24.2. The Hall–Kier alpha value is -5.04. The standard InChI is InChI=1S/C33H43Cl2N3O4.C30H38Cl2N4O4.C2H6O/c1-22-20-28-32(41)37(19-18-25(38(28)21-22)13-10-23-8-6-5-7-9-23)27(15-17-30(40)42-33(2,3)4)29(39)16-12-24-11-14-26(34)31(35)36-24;1-2-40-28(38)15-13-25(27(37)14-10-22-9-12-24(31)29(32)34-22)35-17-16-23(11-8-20-6-4-3-5-7-20)36-19-21(33)18-26(36)30(35)39;1-2-3/h5-9,11,14,22,25,27-28H,10,12-13,15-21H2,1-4H3;3-7,9,12,21,23,25-26H,2,8,10-11,13-19,33H2,1H3;3H,2H2,1H3/t22-,25?,27-,28+;21-,23?,25-,26+;/m11./s1. The Labute approximate surface area is 522 Å². The lowest BCUT2D eigenvalue weighted by Crippen LogP contribution is -2.50. The van der Waals surface area contributed by atoms with E-state index >= 15 is 0 Å². The Balaban J connectivity index is 0.000000261. The summed E-state index contributed by atoms with van der Waals surface area (Å²) in [6.45, 7) is 14.1. The molecule has 20 heteroatoms. The van der Waals surface area contributed by atoms with Crippen LogP contribution in [0.25, 0.3) is 0 Å². The van der Waals surface area contributed by atoms with Crippen LogP contribution in [-0.4, -0.2) is 157 Å². The average Bonchev–Trinajstić information content (AvgIpc) is 2.94. The predicted octanol–water partition coefficient (Wildman–Crippen LogP) is 10.6. The van der Waals surface area contributed by atoms with Gasteiger partial charge in [0.25, 0.3) is 0 Å². The number of pyridine rings is 2. The topological polar surface area (TPSA) is 206 Å². The fourth-order valence-corrected chi connectivity index (χ4v) is 12.7. The number of halogens is 4. The number of hydrogen-bond donors (Lipinski definition) is 2.